The highest BCUT2D eigenvalue weighted by atomic mass is 16.5. The number of nitrogens with one attached hydrogen (secondary N) is 6. The van der Waals surface area contributed by atoms with Crippen molar-refractivity contribution in [3.05, 3.63) is 71.8 Å². The highest BCUT2D eigenvalue weighted by Crippen LogP contribution is 2.15. The van der Waals surface area contributed by atoms with Gasteiger partial charge in [-0.3, -0.25) is 29.4 Å². The van der Waals surface area contributed by atoms with Gasteiger partial charge in [0.05, 0.1) is 6.54 Å². The van der Waals surface area contributed by atoms with Gasteiger partial charge < -0.3 is 47.7 Å². The van der Waals surface area contributed by atoms with E-state index >= 15 is 0 Å². The second-order valence-electron chi connectivity index (χ2n) is 13.9. The van der Waals surface area contributed by atoms with Crippen LogP contribution in [0.1, 0.15) is 65.0 Å². The standard InChI is InChI=1S/C38H57N9O7/c1-24(2)19-30(44-35(51)29(17-12-18-42-37(40)41)46-38(53)54-23-28-15-10-7-11-16-28)36(52)45-31(25(3)4)22-47(33(49)21-43-26(5)48)32(34(39)50)20-27-13-8-6-9-14-27/h6-11,13-16,24-25,29-32H,12,17-23H2,1-5H3,(H2,39,50)(H,43,48)(H,44,51)(H,45,52)(H,46,53)(H4,40,41,42)/t29-,30-,31+,32+/m0/s1. The molecule has 0 aliphatic rings. The van der Waals surface area contributed by atoms with E-state index in [0.29, 0.717) is 6.42 Å². The van der Waals surface area contributed by atoms with Crippen LogP contribution < -0.4 is 38.1 Å². The number of guanidine groups is 1. The number of alkyl carbamates (subject to hydrolysis) is 1. The number of amides is 6. The minimum atomic E-state index is -1.10. The van der Waals surface area contributed by atoms with E-state index < -0.39 is 59.8 Å². The third-order valence-electron chi connectivity index (χ3n) is 8.46. The molecule has 4 atom stereocenters. The molecular weight excluding hydrogens is 694 g/mol. The molecule has 16 nitrogen and oxygen atoms in total. The van der Waals surface area contributed by atoms with E-state index in [2.05, 4.69) is 26.6 Å². The van der Waals surface area contributed by atoms with Crippen LogP contribution in [0.2, 0.25) is 0 Å². The first-order valence-corrected chi connectivity index (χ1v) is 18.1. The summed E-state index contributed by atoms with van der Waals surface area (Å²) >= 11 is 0. The van der Waals surface area contributed by atoms with Crippen molar-refractivity contribution in [2.75, 3.05) is 19.6 Å². The number of primary amides is 1. The lowest BCUT2D eigenvalue weighted by atomic mass is 9.98. The summed E-state index contributed by atoms with van der Waals surface area (Å²) in [5.41, 5.74) is 12.7. The van der Waals surface area contributed by atoms with E-state index in [1.807, 2.05) is 39.8 Å². The summed E-state index contributed by atoms with van der Waals surface area (Å²) in [7, 11) is 0. The molecule has 0 saturated heterocycles. The number of ether oxygens (including phenoxy) is 1. The highest BCUT2D eigenvalue weighted by molar-refractivity contribution is 5.92. The summed E-state index contributed by atoms with van der Waals surface area (Å²) in [5, 5.41) is 20.9. The predicted octanol–water partition coefficient (Wildman–Crippen LogP) is 1.28. The van der Waals surface area contributed by atoms with Crippen molar-refractivity contribution in [3.8, 4) is 0 Å². The lowest BCUT2D eigenvalue weighted by molar-refractivity contribution is -0.140. The minimum Gasteiger partial charge on any atom is -0.445 e. The number of nitrogens with zero attached hydrogens (tertiary/aromatic N) is 1. The summed E-state index contributed by atoms with van der Waals surface area (Å²) < 4.78 is 5.34. The van der Waals surface area contributed by atoms with Crippen LogP contribution in [0.15, 0.2) is 60.7 Å². The molecule has 296 valence electrons. The van der Waals surface area contributed by atoms with Crippen LogP contribution in [0, 0.1) is 17.2 Å². The van der Waals surface area contributed by atoms with E-state index in [-0.39, 0.29) is 63.3 Å². The van der Waals surface area contributed by atoms with Crippen molar-refractivity contribution in [2.24, 2.45) is 23.3 Å². The van der Waals surface area contributed by atoms with Gasteiger partial charge >= 0.3 is 6.09 Å². The van der Waals surface area contributed by atoms with Crippen molar-refractivity contribution in [1.29, 1.82) is 5.41 Å². The SMILES string of the molecule is CC(=O)NCC(=O)N(C[C@@H](NC(=O)[C@H](CC(C)C)NC(=O)[C@H](CCCNC(=N)N)NC(=O)OCc1ccccc1)C(C)C)[C@H](Cc1ccccc1)C(N)=O. The Morgan fingerprint density at radius 2 is 1.39 bits per heavy atom. The molecule has 54 heavy (non-hydrogen) atoms. The molecule has 2 aromatic carbocycles. The number of benzene rings is 2. The molecule has 0 unspecified atom stereocenters. The fourth-order valence-corrected chi connectivity index (χ4v) is 5.50. The molecule has 16 heteroatoms. The van der Waals surface area contributed by atoms with Gasteiger partial charge in [-0.2, -0.15) is 0 Å². The minimum absolute atomic E-state index is 0.0197. The quantitative estimate of drug-likeness (QED) is 0.0490. The largest absolute Gasteiger partial charge is 0.445 e. The topological polar surface area (TPSA) is 251 Å². The van der Waals surface area contributed by atoms with Crippen molar-refractivity contribution in [2.45, 2.75) is 91.1 Å². The Labute approximate surface area is 317 Å². The maximum absolute atomic E-state index is 14.0. The molecular formula is C38H57N9O7. The highest BCUT2D eigenvalue weighted by Gasteiger charge is 2.34. The molecule has 10 N–H and O–H groups in total. The first kappa shape index (κ1) is 44.5. The van der Waals surface area contributed by atoms with Gasteiger partial charge in [0.1, 0.15) is 24.7 Å². The molecule has 0 saturated carbocycles. The molecule has 0 aliphatic carbocycles. The van der Waals surface area contributed by atoms with Gasteiger partial charge in [0.15, 0.2) is 5.96 Å². The van der Waals surface area contributed by atoms with Crippen molar-refractivity contribution in [1.82, 2.24) is 31.5 Å². The molecule has 0 fully saturated rings. The van der Waals surface area contributed by atoms with E-state index in [0.717, 1.165) is 11.1 Å². The van der Waals surface area contributed by atoms with E-state index in [1.54, 1.807) is 48.5 Å². The number of carbonyl (C=O) groups excluding carboxylic acids is 6. The number of hydrogen-bond donors (Lipinski definition) is 8. The molecule has 2 rings (SSSR count). The Hall–Kier alpha value is -5.67. The van der Waals surface area contributed by atoms with Gasteiger partial charge in [-0.25, -0.2) is 4.79 Å². The zero-order valence-electron chi connectivity index (χ0n) is 31.9. The first-order chi connectivity index (χ1) is 25.6. The number of carbonyl (C=O) groups is 6. The molecule has 0 radical (unpaired) electrons. The van der Waals surface area contributed by atoms with E-state index in [4.69, 9.17) is 21.6 Å². The first-order valence-electron chi connectivity index (χ1n) is 18.1. The fourth-order valence-electron chi connectivity index (χ4n) is 5.50. The number of hydrogen-bond acceptors (Lipinski definition) is 8. The predicted molar refractivity (Wildman–Crippen MR) is 204 cm³/mol. The number of nitrogens with two attached hydrogens (primary N) is 2. The van der Waals surface area contributed by atoms with Gasteiger partial charge in [-0.15, -0.1) is 0 Å². The summed E-state index contributed by atoms with van der Waals surface area (Å²) in [6.45, 7) is 8.46. The van der Waals surface area contributed by atoms with Crippen LogP contribution in [0.3, 0.4) is 0 Å². The Bertz CT molecular complexity index is 1540. The molecule has 0 heterocycles. The van der Waals surface area contributed by atoms with E-state index in [1.165, 1.54) is 11.8 Å². The molecule has 0 aliphatic heterocycles. The van der Waals surface area contributed by atoms with Gasteiger partial charge in [0, 0.05) is 32.5 Å². The Kier molecular flexibility index (Phi) is 19.0. The average Bonchev–Trinajstić information content (AvgIpc) is 3.11. The van der Waals surface area contributed by atoms with Gasteiger partial charge in [0.25, 0.3) is 0 Å². The monoisotopic (exact) mass is 751 g/mol. The van der Waals surface area contributed by atoms with Crippen LogP contribution >= 0.6 is 0 Å². The summed E-state index contributed by atoms with van der Waals surface area (Å²) in [6, 6.07) is 14.1. The number of rotatable bonds is 22. The van der Waals surface area contributed by atoms with Crippen molar-refractivity contribution >= 4 is 41.6 Å². The zero-order valence-corrected chi connectivity index (χ0v) is 31.9. The Morgan fingerprint density at radius 1 is 0.796 bits per heavy atom. The van der Waals surface area contributed by atoms with Crippen molar-refractivity contribution in [3.63, 3.8) is 0 Å². The maximum Gasteiger partial charge on any atom is 0.408 e. The zero-order chi connectivity index (χ0) is 40.2. The van der Waals surface area contributed by atoms with Crippen LogP contribution in [0.4, 0.5) is 4.79 Å². The Balaban J connectivity index is 2.31. The molecule has 6 amide bonds. The summed E-state index contributed by atoms with van der Waals surface area (Å²) in [4.78, 5) is 79.9. The normalized spacial score (nSPS) is 13.1. The third kappa shape index (κ3) is 16.8. The van der Waals surface area contributed by atoms with Crippen LogP contribution in [-0.2, 0) is 41.7 Å². The van der Waals surface area contributed by atoms with Gasteiger partial charge in [-0.1, -0.05) is 88.4 Å². The lowest BCUT2D eigenvalue weighted by Crippen LogP contribution is -2.60. The van der Waals surface area contributed by atoms with Gasteiger partial charge in [-0.05, 0) is 42.2 Å². The van der Waals surface area contributed by atoms with Crippen LogP contribution in [0.5, 0.6) is 0 Å². The summed E-state index contributed by atoms with van der Waals surface area (Å²) in [6.07, 6.45) is 0.00368. The second kappa shape index (κ2) is 23.1. The fraction of sp³-hybridized carbons (Fsp3) is 0.500. The maximum atomic E-state index is 14.0. The molecule has 0 spiro atoms. The van der Waals surface area contributed by atoms with Crippen LogP contribution in [0.25, 0.3) is 0 Å². The smallest absolute Gasteiger partial charge is 0.408 e. The molecule has 0 bridgehead atoms. The Morgan fingerprint density at radius 3 is 1.93 bits per heavy atom. The average molecular weight is 752 g/mol. The molecule has 2 aromatic rings. The second-order valence-corrected chi connectivity index (χ2v) is 13.9. The van der Waals surface area contributed by atoms with Gasteiger partial charge in [0.2, 0.25) is 29.5 Å². The summed E-state index contributed by atoms with van der Waals surface area (Å²) in [5.74, 6) is -3.45. The van der Waals surface area contributed by atoms with Crippen molar-refractivity contribution < 1.29 is 33.5 Å². The lowest BCUT2D eigenvalue weighted by Gasteiger charge is -2.35. The molecule has 0 aromatic heterocycles. The van der Waals surface area contributed by atoms with E-state index in [9.17, 15) is 28.8 Å². The third-order valence-corrected chi connectivity index (χ3v) is 8.46. The van der Waals surface area contributed by atoms with Crippen LogP contribution in [-0.4, -0.2) is 90.3 Å².